The van der Waals surface area contributed by atoms with Crippen molar-refractivity contribution in [1.29, 1.82) is 0 Å². The second-order valence-corrected chi connectivity index (χ2v) is 9.49. The van der Waals surface area contributed by atoms with Gasteiger partial charge in [-0.05, 0) is 63.2 Å². The van der Waals surface area contributed by atoms with Gasteiger partial charge >= 0.3 is 0 Å². The average molecular weight is 491 g/mol. The van der Waals surface area contributed by atoms with Gasteiger partial charge in [0.25, 0.3) is 0 Å². The van der Waals surface area contributed by atoms with E-state index in [9.17, 15) is 14.0 Å². The van der Waals surface area contributed by atoms with E-state index >= 15 is 0 Å². The van der Waals surface area contributed by atoms with E-state index in [1.165, 1.54) is 19.4 Å². The van der Waals surface area contributed by atoms with E-state index in [1.54, 1.807) is 17.0 Å². The molecule has 0 radical (unpaired) electrons. The highest BCUT2D eigenvalue weighted by molar-refractivity contribution is 5.94. The smallest absolute Gasteiger partial charge is 0.226 e. The average Bonchev–Trinajstić information content (AvgIpc) is 3.44. The fourth-order valence-electron chi connectivity index (χ4n) is 5.03. The first-order chi connectivity index (χ1) is 17.4. The fraction of sp³-hybridized carbons (Fsp3) is 0.407. The molecule has 1 N–H and O–H groups in total. The van der Waals surface area contributed by atoms with Gasteiger partial charge in [0.1, 0.15) is 11.5 Å². The molecule has 2 aromatic heterocycles. The zero-order valence-corrected chi connectivity index (χ0v) is 20.8. The molecule has 1 fully saturated rings. The van der Waals surface area contributed by atoms with Gasteiger partial charge in [-0.3, -0.25) is 19.5 Å². The Morgan fingerprint density at radius 1 is 1.03 bits per heavy atom. The first-order valence-corrected chi connectivity index (χ1v) is 12.6. The van der Waals surface area contributed by atoms with Crippen molar-refractivity contribution in [3.05, 3.63) is 47.9 Å². The molecule has 9 heteroatoms. The van der Waals surface area contributed by atoms with Crippen LogP contribution in [0, 0.1) is 12.7 Å². The predicted octanol–water partition coefficient (Wildman–Crippen LogP) is 4.24. The molecule has 5 rings (SSSR count). The van der Waals surface area contributed by atoms with E-state index in [0.717, 1.165) is 37.3 Å². The molecule has 0 aliphatic carbocycles. The minimum absolute atomic E-state index is 0.0881. The molecular formula is C27H31FN6O2. The van der Waals surface area contributed by atoms with Crippen LogP contribution in [-0.4, -0.2) is 57.4 Å². The summed E-state index contributed by atoms with van der Waals surface area (Å²) in [7, 11) is 0. The predicted molar refractivity (Wildman–Crippen MR) is 137 cm³/mol. The second kappa shape index (κ2) is 10.2. The monoisotopic (exact) mass is 490 g/mol. The molecule has 0 spiro atoms. The molecule has 2 amide bonds. The molecule has 2 aliphatic heterocycles. The summed E-state index contributed by atoms with van der Waals surface area (Å²) in [5.74, 6) is -0.243. The summed E-state index contributed by atoms with van der Waals surface area (Å²) in [6.07, 6.45) is 3.88. The number of amides is 2. The van der Waals surface area contributed by atoms with Gasteiger partial charge in [0, 0.05) is 44.2 Å². The molecule has 3 aromatic rings. The number of imidazole rings is 1. The van der Waals surface area contributed by atoms with Crippen molar-refractivity contribution in [3.8, 4) is 22.6 Å². The molecule has 0 bridgehead atoms. The molecule has 4 heterocycles. The van der Waals surface area contributed by atoms with Gasteiger partial charge in [0.2, 0.25) is 17.8 Å². The highest BCUT2D eigenvalue weighted by atomic mass is 19.1. The number of fused-ring (bicyclic) bond motifs is 1. The van der Waals surface area contributed by atoms with Crippen LogP contribution in [0.4, 0.5) is 16.0 Å². The van der Waals surface area contributed by atoms with Crippen LogP contribution in [0.25, 0.3) is 22.6 Å². The van der Waals surface area contributed by atoms with Crippen LogP contribution >= 0.6 is 0 Å². The summed E-state index contributed by atoms with van der Waals surface area (Å²) >= 11 is 0. The third-order valence-corrected chi connectivity index (χ3v) is 6.86. The number of carbonyl (C=O) groups excluding carboxylic acids is 2. The number of hydrogen-bond acceptors (Lipinski definition) is 5. The maximum Gasteiger partial charge on any atom is 0.226 e. The number of aryl methyl sites for hydroxylation is 1. The van der Waals surface area contributed by atoms with Crippen molar-refractivity contribution in [2.24, 2.45) is 0 Å². The lowest BCUT2D eigenvalue weighted by Crippen LogP contribution is -2.32. The Kier molecular flexibility index (Phi) is 6.82. The second-order valence-electron chi connectivity index (χ2n) is 9.49. The quantitative estimate of drug-likeness (QED) is 0.559. The maximum absolute atomic E-state index is 14.8. The van der Waals surface area contributed by atoms with Gasteiger partial charge < -0.3 is 14.8 Å². The lowest BCUT2D eigenvalue weighted by Gasteiger charge is -2.25. The summed E-state index contributed by atoms with van der Waals surface area (Å²) in [5, 5.41) is 2.76. The Bertz CT molecular complexity index is 1300. The largest absolute Gasteiger partial charge is 0.324 e. The van der Waals surface area contributed by atoms with Crippen molar-refractivity contribution >= 4 is 23.5 Å². The molecule has 2 aliphatic rings. The Morgan fingerprint density at radius 3 is 2.58 bits per heavy atom. The molecule has 0 unspecified atom stereocenters. The van der Waals surface area contributed by atoms with Crippen LogP contribution in [-0.2, 0) is 16.1 Å². The number of nitrogens with zero attached hydrogens (tertiary/aromatic N) is 5. The number of halogens is 1. The Morgan fingerprint density at radius 2 is 1.83 bits per heavy atom. The van der Waals surface area contributed by atoms with Crippen LogP contribution in [0.1, 0.15) is 38.3 Å². The molecule has 1 aromatic carbocycles. The normalized spacial score (nSPS) is 15.7. The van der Waals surface area contributed by atoms with E-state index in [-0.39, 0.29) is 17.5 Å². The summed E-state index contributed by atoms with van der Waals surface area (Å²) < 4.78 is 16.7. The van der Waals surface area contributed by atoms with Gasteiger partial charge in [0.05, 0.1) is 17.1 Å². The van der Waals surface area contributed by atoms with Crippen molar-refractivity contribution < 1.29 is 14.0 Å². The highest BCUT2D eigenvalue weighted by Crippen LogP contribution is 2.38. The van der Waals surface area contributed by atoms with Crippen molar-refractivity contribution in [2.45, 2.75) is 46.1 Å². The van der Waals surface area contributed by atoms with Crippen LogP contribution < -0.4 is 10.2 Å². The standard InChI is InChI=1S/C27H31FN6O2/c1-18-7-6-8-22(29-18)25-26(34-16-15-33(19(2)35)27(34)31-25)20-9-10-21(28)23(17-20)30-24(36)11-14-32-12-4-3-5-13-32/h6-10,17H,3-5,11-16H2,1-2H3,(H,30,36). The van der Waals surface area contributed by atoms with Crippen LogP contribution in [0.3, 0.4) is 0 Å². The molecule has 0 atom stereocenters. The molecule has 1 saturated heterocycles. The number of rotatable bonds is 6. The number of hydrogen-bond donors (Lipinski definition) is 1. The lowest BCUT2D eigenvalue weighted by atomic mass is 10.1. The summed E-state index contributed by atoms with van der Waals surface area (Å²) in [6, 6.07) is 10.4. The number of likely N-dealkylation sites (tertiary alicyclic amines) is 1. The molecule has 8 nitrogen and oxygen atoms in total. The summed E-state index contributed by atoms with van der Waals surface area (Å²) in [4.78, 5) is 38.2. The third kappa shape index (κ3) is 4.88. The zero-order valence-electron chi connectivity index (χ0n) is 20.8. The van der Waals surface area contributed by atoms with Crippen LogP contribution in [0.15, 0.2) is 36.4 Å². The van der Waals surface area contributed by atoms with Crippen LogP contribution in [0.5, 0.6) is 0 Å². The number of benzene rings is 1. The van der Waals surface area contributed by atoms with Gasteiger partial charge in [-0.1, -0.05) is 12.5 Å². The minimum Gasteiger partial charge on any atom is -0.324 e. The fourth-order valence-corrected chi connectivity index (χ4v) is 5.03. The van der Waals surface area contributed by atoms with Gasteiger partial charge in [-0.2, -0.15) is 0 Å². The Labute approximate surface area is 210 Å². The number of carbonyl (C=O) groups is 2. The Hall–Kier alpha value is -3.59. The number of aromatic nitrogens is 3. The summed E-state index contributed by atoms with van der Waals surface area (Å²) in [5.41, 5.74) is 3.72. The lowest BCUT2D eigenvalue weighted by molar-refractivity contribution is -0.117. The topological polar surface area (TPSA) is 83.4 Å². The molecule has 188 valence electrons. The number of piperidine rings is 1. The number of pyridine rings is 1. The van der Waals surface area contributed by atoms with Gasteiger partial charge in [-0.15, -0.1) is 0 Å². The van der Waals surface area contributed by atoms with Gasteiger partial charge in [0.15, 0.2) is 0 Å². The third-order valence-electron chi connectivity index (χ3n) is 6.86. The first-order valence-electron chi connectivity index (χ1n) is 12.6. The molecule has 0 saturated carbocycles. The van der Waals surface area contributed by atoms with Crippen molar-refractivity contribution in [1.82, 2.24) is 19.4 Å². The Balaban J connectivity index is 1.47. The zero-order chi connectivity index (χ0) is 25.2. The van der Waals surface area contributed by atoms with E-state index in [2.05, 4.69) is 15.2 Å². The highest BCUT2D eigenvalue weighted by Gasteiger charge is 2.31. The van der Waals surface area contributed by atoms with E-state index in [4.69, 9.17) is 4.98 Å². The van der Waals surface area contributed by atoms with E-state index in [1.807, 2.05) is 29.7 Å². The van der Waals surface area contributed by atoms with Crippen molar-refractivity contribution in [3.63, 3.8) is 0 Å². The summed E-state index contributed by atoms with van der Waals surface area (Å²) in [6.45, 7) is 7.21. The number of anilines is 2. The molecule has 36 heavy (non-hydrogen) atoms. The SMILES string of the molecule is CC(=O)N1CCn2c1nc(-c1cccc(C)n1)c2-c1ccc(F)c(NC(=O)CCN2CCCCC2)c1. The van der Waals surface area contributed by atoms with Gasteiger partial charge in [-0.25, -0.2) is 9.37 Å². The minimum atomic E-state index is -0.494. The first kappa shape index (κ1) is 24.1. The van der Waals surface area contributed by atoms with Crippen LogP contribution in [0.2, 0.25) is 0 Å². The van der Waals surface area contributed by atoms with E-state index < -0.39 is 5.82 Å². The molecular weight excluding hydrogens is 459 g/mol. The maximum atomic E-state index is 14.8. The van der Waals surface area contributed by atoms with Crippen molar-refractivity contribution in [2.75, 3.05) is 36.4 Å². The van der Waals surface area contributed by atoms with E-state index in [0.29, 0.717) is 49.0 Å². The number of nitrogens with one attached hydrogen (secondary N) is 1.